The molecule has 0 fully saturated rings. The van der Waals surface area contributed by atoms with E-state index in [1.807, 2.05) is 0 Å². The lowest BCUT2D eigenvalue weighted by atomic mass is 10.2. The molecule has 1 aromatic carbocycles. The van der Waals surface area contributed by atoms with Crippen LogP contribution >= 0.6 is 0 Å². The second-order valence-corrected chi connectivity index (χ2v) is 6.25. The van der Waals surface area contributed by atoms with Gasteiger partial charge in [-0.3, -0.25) is 9.10 Å². The summed E-state index contributed by atoms with van der Waals surface area (Å²) in [6.07, 6.45) is 1.04. The minimum atomic E-state index is -3.64. The summed E-state index contributed by atoms with van der Waals surface area (Å²) in [4.78, 5) is 11.8. The Morgan fingerprint density at radius 1 is 1.24 bits per heavy atom. The molecule has 1 aromatic rings. The first-order chi connectivity index (χ1) is 9.76. The molecule has 0 aromatic heterocycles. The summed E-state index contributed by atoms with van der Waals surface area (Å²) in [5.74, 6) is 0.449. The number of hydrogen-bond acceptors (Lipinski definition) is 5. The Morgan fingerprint density at radius 3 is 2.24 bits per heavy atom. The molecule has 0 aliphatic carbocycles. The van der Waals surface area contributed by atoms with Gasteiger partial charge in [0.05, 0.1) is 26.2 Å². The van der Waals surface area contributed by atoms with Gasteiger partial charge in [0.2, 0.25) is 15.9 Å². The Kier molecular flexibility index (Phi) is 5.42. The van der Waals surface area contributed by atoms with Gasteiger partial charge in [-0.05, 0) is 19.1 Å². The van der Waals surface area contributed by atoms with Crippen LogP contribution in [0.25, 0.3) is 0 Å². The lowest BCUT2D eigenvalue weighted by Gasteiger charge is -2.28. The molecular formula is C13H20N2O5S. The number of ether oxygens (including phenoxy) is 2. The van der Waals surface area contributed by atoms with Gasteiger partial charge in [0, 0.05) is 13.1 Å². The molecule has 0 radical (unpaired) electrons. The lowest BCUT2D eigenvalue weighted by Crippen LogP contribution is -2.46. The number of anilines is 1. The van der Waals surface area contributed by atoms with Crippen molar-refractivity contribution in [1.29, 1.82) is 0 Å². The average molecular weight is 316 g/mol. The van der Waals surface area contributed by atoms with Crippen LogP contribution in [0.4, 0.5) is 5.69 Å². The molecule has 0 saturated carbocycles. The number of carbonyl (C=O) groups excluding carboxylic acids is 1. The van der Waals surface area contributed by atoms with Crippen molar-refractivity contribution in [3.05, 3.63) is 18.2 Å². The minimum Gasteiger partial charge on any atom is -0.493 e. The SMILES string of the molecule is CNC(=O)C(C)N(c1ccc(OC)c(OC)c1)S(C)(=O)=O. The first-order valence-corrected chi connectivity index (χ1v) is 8.04. The van der Waals surface area contributed by atoms with Crippen molar-refractivity contribution in [2.24, 2.45) is 0 Å². The molecule has 0 aliphatic heterocycles. The van der Waals surface area contributed by atoms with Gasteiger partial charge in [-0.1, -0.05) is 0 Å². The number of hydrogen-bond donors (Lipinski definition) is 1. The number of benzene rings is 1. The van der Waals surface area contributed by atoms with Gasteiger partial charge in [-0.15, -0.1) is 0 Å². The molecule has 1 N–H and O–H groups in total. The molecule has 8 heteroatoms. The fraction of sp³-hybridized carbons (Fsp3) is 0.462. The van der Waals surface area contributed by atoms with E-state index >= 15 is 0 Å². The average Bonchev–Trinajstić information content (AvgIpc) is 2.44. The third-order valence-corrected chi connectivity index (χ3v) is 4.20. The second-order valence-electron chi connectivity index (χ2n) is 4.39. The number of nitrogens with one attached hydrogen (secondary N) is 1. The molecule has 0 heterocycles. The zero-order valence-corrected chi connectivity index (χ0v) is 13.5. The van der Waals surface area contributed by atoms with Crippen molar-refractivity contribution >= 4 is 21.6 Å². The fourth-order valence-corrected chi connectivity index (χ4v) is 3.15. The van der Waals surface area contributed by atoms with Gasteiger partial charge in [0.15, 0.2) is 11.5 Å². The zero-order valence-electron chi connectivity index (χ0n) is 12.7. The van der Waals surface area contributed by atoms with Crippen molar-refractivity contribution in [1.82, 2.24) is 5.32 Å². The maximum absolute atomic E-state index is 12.0. The van der Waals surface area contributed by atoms with Gasteiger partial charge >= 0.3 is 0 Å². The predicted octanol–water partition coefficient (Wildman–Crippen LogP) is 0.604. The van der Waals surface area contributed by atoms with Crippen molar-refractivity contribution in [2.75, 3.05) is 31.8 Å². The third-order valence-electron chi connectivity index (χ3n) is 2.96. The van der Waals surface area contributed by atoms with E-state index in [1.165, 1.54) is 34.3 Å². The zero-order chi connectivity index (χ0) is 16.2. The normalized spacial score (nSPS) is 12.4. The van der Waals surface area contributed by atoms with Gasteiger partial charge in [0.25, 0.3) is 0 Å². The van der Waals surface area contributed by atoms with Crippen LogP contribution in [0, 0.1) is 0 Å². The number of amides is 1. The molecule has 1 atom stereocenters. The van der Waals surface area contributed by atoms with E-state index in [0.29, 0.717) is 17.2 Å². The predicted molar refractivity (Wildman–Crippen MR) is 80.4 cm³/mol. The highest BCUT2D eigenvalue weighted by Crippen LogP contribution is 2.33. The summed E-state index contributed by atoms with van der Waals surface area (Å²) < 4.78 is 35.4. The van der Waals surface area contributed by atoms with E-state index in [4.69, 9.17) is 9.47 Å². The quantitative estimate of drug-likeness (QED) is 0.831. The van der Waals surface area contributed by atoms with Crippen LogP contribution in [0.15, 0.2) is 18.2 Å². The van der Waals surface area contributed by atoms with Crippen molar-refractivity contribution in [3.63, 3.8) is 0 Å². The van der Waals surface area contributed by atoms with E-state index in [9.17, 15) is 13.2 Å². The molecule has 21 heavy (non-hydrogen) atoms. The first-order valence-electron chi connectivity index (χ1n) is 6.19. The highest BCUT2D eigenvalue weighted by molar-refractivity contribution is 7.92. The van der Waals surface area contributed by atoms with Crippen LogP contribution < -0.4 is 19.1 Å². The van der Waals surface area contributed by atoms with Gasteiger partial charge in [-0.25, -0.2) is 8.42 Å². The summed E-state index contributed by atoms with van der Waals surface area (Å²) in [5, 5.41) is 2.44. The topological polar surface area (TPSA) is 84.9 Å². The number of methoxy groups -OCH3 is 2. The molecule has 0 bridgehead atoms. The Balaban J connectivity index is 3.38. The van der Waals surface area contributed by atoms with Crippen LogP contribution in [-0.4, -0.2) is 47.9 Å². The summed E-state index contributed by atoms with van der Waals surface area (Å²) in [5.41, 5.74) is 0.325. The molecule has 1 unspecified atom stereocenters. The second kappa shape index (κ2) is 6.66. The smallest absolute Gasteiger partial charge is 0.243 e. The van der Waals surface area contributed by atoms with E-state index in [2.05, 4.69) is 5.32 Å². The number of likely N-dealkylation sites (N-methyl/N-ethyl adjacent to an activating group) is 1. The van der Waals surface area contributed by atoms with Gasteiger partial charge in [0.1, 0.15) is 6.04 Å². The molecule has 0 aliphatic rings. The summed E-state index contributed by atoms with van der Waals surface area (Å²) in [6, 6.07) is 3.77. The Bertz CT molecular complexity index is 615. The molecule has 0 spiro atoms. The largest absolute Gasteiger partial charge is 0.493 e. The highest BCUT2D eigenvalue weighted by atomic mass is 32.2. The van der Waals surface area contributed by atoms with Crippen LogP contribution in [0.2, 0.25) is 0 Å². The number of sulfonamides is 1. The highest BCUT2D eigenvalue weighted by Gasteiger charge is 2.29. The number of nitrogens with zero attached hydrogens (tertiary/aromatic N) is 1. The van der Waals surface area contributed by atoms with E-state index in [0.717, 1.165) is 10.6 Å². The summed E-state index contributed by atoms with van der Waals surface area (Å²) in [6.45, 7) is 1.51. The Hall–Kier alpha value is -1.96. The molecule has 1 amide bonds. The Morgan fingerprint density at radius 2 is 1.81 bits per heavy atom. The van der Waals surface area contributed by atoms with Crippen LogP contribution in [0.5, 0.6) is 11.5 Å². The molecule has 7 nitrogen and oxygen atoms in total. The first kappa shape index (κ1) is 17.1. The van der Waals surface area contributed by atoms with Crippen LogP contribution in [-0.2, 0) is 14.8 Å². The number of rotatable bonds is 6. The van der Waals surface area contributed by atoms with Crippen LogP contribution in [0.1, 0.15) is 6.92 Å². The standard InChI is InChI=1S/C13H20N2O5S/c1-9(13(16)14-2)15(21(5,17)18)10-6-7-11(19-3)12(8-10)20-4/h6-9H,1-5H3,(H,14,16). The minimum absolute atomic E-state index is 0.325. The van der Waals surface area contributed by atoms with Crippen molar-refractivity contribution < 1.29 is 22.7 Å². The molecule has 118 valence electrons. The van der Waals surface area contributed by atoms with E-state index in [1.54, 1.807) is 12.1 Å². The van der Waals surface area contributed by atoms with E-state index < -0.39 is 22.0 Å². The van der Waals surface area contributed by atoms with Crippen molar-refractivity contribution in [2.45, 2.75) is 13.0 Å². The lowest BCUT2D eigenvalue weighted by molar-refractivity contribution is -0.121. The maximum Gasteiger partial charge on any atom is 0.243 e. The van der Waals surface area contributed by atoms with Crippen molar-refractivity contribution in [3.8, 4) is 11.5 Å². The fourth-order valence-electron chi connectivity index (χ4n) is 1.98. The third kappa shape index (κ3) is 3.78. The van der Waals surface area contributed by atoms with Crippen LogP contribution in [0.3, 0.4) is 0 Å². The van der Waals surface area contributed by atoms with E-state index in [-0.39, 0.29) is 0 Å². The maximum atomic E-state index is 12.0. The van der Waals surface area contributed by atoms with Gasteiger partial charge in [-0.2, -0.15) is 0 Å². The number of carbonyl (C=O) groups is 1. The Labute approximate surface area is 124 Å². The monoisotopic (exact) mass is 316 g/mol. The molecular weight excluding hydrogens is 296 g/mol. The van der Waals surface area contributed by atoms with Gasteiger partial charge < -0.3 is 14.8 Å². The summed E-state index contributed by atoms with van der Waals surface area (Å²) in [7, 11) is 0.750. The summed E-state index contributed by atoms with van der Waals surface area (Å²) >= 11 is 0. The molecule has 1 rings (SSSR count). The molecule has 0 saturated heterocycles.